The predicted octanol–water partition coefficient (Wildman–Crippen LogP) is 2.31. The Morgan fingerprint density at radius 1 is 1.47 bits per heavy atom. The predicted molar refractivity (Wildman–Crippen MR) is 70.0 cm³/mol. The van der Waals surface area contributed by atoms with Crippen LogP contribution in [0.1, 0.15) is 23.2 Å². The molecular formula is C12H16BrNO3. The van der Waals surface area contributed by atoms with Gasteiger partial charge in [0.2, 0.25) is 0 Å². The number of phenols is 1. The highest BCUT2D eigenvalue weighted by Crippen LogP contribution is 2.22. The molecule has 0 unspecified atom stereocenters. The zero-order valence-electron chi connectivity index (χ0n) is 9.70. The lowest BCUT2D eigenvalue weighted by atomic mass is 10.1. The third-order valence-electron chi connectivity index (χ3n) is 2.29. The first kappa shape index (κ1) is 13.8. The highest BCUT2D eigenvalue weighted by molar-refractivity contribution is 9.09. The molecule has 1 amide bonds. The number of rotatable bonds is 6. The van der Waals surface area contributed by atoms with E-state index in [2.05, 4.69) is 21.2 Å². The molecule has 1 rings (SSSR count). The van der Waals surface area contributed by atoms with Crippen molar-refractivity contribution in [3.8, 4) is 11.5 Å². The zero-order valence-corrected chi connectivity index (χ0v) is 11.3. The fraction of sp³-hybridized carbons (Fsp3) is 0.417. The Kier molecular flexibility index (Phi) is 5.83. The number of carbonyl (C=O) groups excluding carboxylic acids is 1. The minimum Gasteiger partial charge on any atom is -0.507 e. The molecule has 0 heterocycles. The number of alkyl halides is 1. The SMILES string of the molecule is COc1ccc(O)c(C(=O)NCCCCBr)c1. The van der Waals surface area contributed by atoms with E-state index in [0.717, 1.165) is 18.2 Å². The molecule has 94 valence electrons. The number of nitrogens with one attached hydrogen (secondary N) is 1. The number of methoxy groups -OCH3 is 1. The Bertz CT molecular complexity index is 382. The minimum atomic E-state index is -0.282. The Balaban J connectivity index is 2.61. The van der Waals surface area contributed by atoms with Crippen molar-refractivity contribution in [2.45, 2.75) is 12.8 Å². The second-order valence-electron chi connectivity index (χ2n) is 3.54. The number of amides is 1. The Morgan fingerprint density at radius 3 is 2.88 bits per heavy atom. The van der Waals surface area contributed by atoms with Crippen molar-refractivity contribution in [1.29, 1.82) is 0 Å². The van der Waals surface area contributed by atoms with Crippen LogP contribution in [-0.4, -0.2) is 30.0 Å². The molecule has 2 N–H and O–H groups in total. The van der Waals surface area contributed by atoms with Crippen LogP contribution in [0.3, 0.4) is 0 Å². The molecule has 0 aromatic heterocycles. The van der Waals surface area contributed by atoms with Crippen molar-refractivity contribution in [2.75, 3.05) is 19.0 Å². The average Bonchev–Trinajstić information content (AvgIpc) is 2.35. The number of unbranched alkanes of at least 4 members (excludes halogenated alkanes) is 1. The lowest BCUT2D eigenvalue weighted by Crippen LogP contribution is -2.24. The van der Waals surface area contributed by atoms with E-state index in [1.165, 1.54) is 19.2 Å². The fourth-order valence-corrected chi connectivity index (χ4v) is 1.74. The quantitative estimate of drug-likeness (QED) is 0.626. The fourth-order valence-electron chi connectivity index (χ4n) is 1.34. The van der Waals surface area contributed by atoms with E-state index >= 15 is 0 Å². The number of carbonyl (C=O) groups is 1. The summed E-state index contributed by atoms with van der Waals surface area (Å²) in [4.78, 5) is 11.8. The molecule has 0 spiro atoms. The zero-order chi connectivity index (χ0) is 12.7. The first-order valence-corrected chi connectivity index (χ1v) is 6.52. The molecule has 0 radical (unpaired) electrons. The second kappa shape index (κ2) is 7.17. The van der Waals surface area contributed by atoms with Crippen LogP contribution in [0, 0.1) is 0 Å². The summed E-state index contributed by atoms with van der Waals surface area (Å²) in [5, 5.41) is 13.3. The van der Waals surface area contributed by atoms with E-state index in [1.807, 2.05) is 0 Å². The molecule has 4 nitrogen and oxygen atoms in total. The number of benzene rings is 1. The molecule has 0 aliphatic heterocycles. The summed E-state index contributed by atoms with van der Waals surface area (Å²) in [5.74, 6) is 0.230. The molecule has 17 heavy (non-hydrogen) atoms. The first-order chi connectivity index (χ1) is 8.19. The monoisotopic (exact) mass is 301 g/mol. The maximum atomic E-state index is 11.8. The molecule has 0 atom stereocenters. The third kappa shape index (κ3) is 4.26. The maximum Gasteiger partial charge on any atom is 0.255 e. The van der Waals surface area contributed by atoms with Crippen LogP contribution in [0.15, 0.2) is 18.2 Å². The molecule has 0 bridgehead atoms. The lowest BCUT2D eigenvalue weighted by Gasteiger charge is -2.08. The summed E-state index contributed by atoms with van der Waals surface area (Å²) >= 11 is 3.32. The minimum absolute atomic E-state index is 0.0382. The molecule has 5 heteroatoms. The number of hydrogen-bond acceptors (Lipinski definition) is 3. The van der Waals surface area contributed by atoms with Gasteiger partial charge < -0.3 is 15.2 Å². The number of halogens is 1. The van der Waals surface area contributed by atoms with Gasteiger partial charge in [0, 0.05) is 11.9 Å². The van der Waals surface area contributed by atoms with Gasteiger partial charge in [-0.15, -0.1) is 0 Å². The number of hydrogen-bond donors (Lipinski definition) is 2. The molecule has 0 fully saturated rings. The van der Waals surface area contributed by atoms with Gasteiger partial charge in [0.25, 0.3) is 5.91 Å². The van der Waals surface area contributed by atoms with Gasteiger partial charge in [-0.2, -0.15) is 0 Å². The molecular weight excluding hydrogens is 286 g/mol. The highest BCUT2D eigenvalue weighted by Gasteiger charge is 2.11. The first-order valence-electron chi connectivity index (χ1n) is 5.40. The number of phenolic OH excluding ortho intramolecular Hbond substituents is 1. The Morgan fingerprint density at radius 2 is 2.24 bits per heavy atom. The highest BCUT2D eigenvalue weighted by atomic mass is 79.9. The van der Waals surface area contributed by atoms with E-state index in [4.69, 9.17) is 4.74 Å². The van der Waals surface area contributed by atoms with Gasteiger partial charge >= 0.3 is 0 Å². The van der Waals surface area contributed by atoms with E-state index in [0.29, 0.717) is 12.3 Å². The molecule has 1 aromatic carbocycles. The van der Waals surface area contributed by atoms with Gasteiger partial charge in [-0.25, -0.2) is 0 Å². The van der Waals surface area contributed by atoms with E-state index < -0.39 is 0 Å². The Labute approximate surface area is 109 Å². The largest absolute Gasteiger partial charge is 0.507 e. The van der Waals surface area contributed by atoms with Crippen LogP contribution in [0.25, 0.3) is 0 Å². The van der Waals surface area contributed by atoms with Crippen molar-refractivity contribution < 1.29 is 14.6 Å². The summed E-state index contributed by atoms with van der Waals surface area (Å²) in [6, 6.07) is 4.58. The number of ether oxygens (including phenoxy) is 1. The Hall–Kier alpha value is -1.23. The van der Waals surface area contributed by atoms with Gasteiger partial charge in [0.05, 0.1) is 12.7 Å². The van der Waals surface area contributed by atoms with Crippen molar-refractivity contribution in [3.63, 3.8) is 0 Å². The van der Waals surface area contributed by atoms with Crippen LogP contribution in [-0.2, 0) is 0 Å². The average molecular weight is 302 g/mol. The second-order valence-corrected chi connectivity index (χ2v) is 4.33. The topological polar surface area (TPSA) is 58.6 Å². The normalized spacial score (nSPS) is 10.0. The van der Waals surface area contributed by atoms with Crippen molar-refractivity contribution >= 4 is 21.8 Å². The van der Waals surface area contributed by atoms with Crippen LogP contribution in [0.2, 0.25) is 0 Å². The summed E-state index contributed by atoms with van der Waals surface area (Å²) in [6.45, 7) is 0.598. The van der Waals surface area contributed by atoms with Crippen LogP contribution in [0.4, 0.5) is 0 Å². The van der Waals surface area contributed by atoms with Crippen LogP contribution < -0.4 is 10.1 Å². The number of aromatic hydroxyl groups is 1. The molecule has 0 aliphatic carbocycles. The van der Waals surface area contributed by atoms with E-state index in [1.54, 1.807) is 6.07 Å². The van der Waals surface area contributed by atoms with Crippen molar-refractivity contribution in [1.82, 2.24) is 5.32 Å². The smallest absolute Gasteiger partial charge is 0.255 e. The molecule has 1 aromatic rings. The van der Waals surface area contributed by atoms with Gasteiger partial charge in [-0.05, 0) is 31.0 Å². The van der Waals surface area contributed by atoms with Gasteiger partial charge in [-0.3, -0.25) is 4.79 Å². The van der Waals surface area contributed by atoms with Crippen LogP contribution >= 0.6 is 15.9 Å². The lowest BCUT2D eigenvalue weighted by molar-refractivity contribution is 0.0950. The van der Waals surface area contributed by atoms with Gasteiger partial charge in [0.15, 0.2) is 0 Å². The van der Waals surface area contributed by atoms with Crippen molar-refractivity contribution in [3.05, 3.63) is 23.8 Å². The molecule has 0 aliphatic rings. The standard InChI is InChI=1S/C12H16BrNO3/c1-17-9-4-5-11(15)10(8-9)12(16)14-7-3-2-6-13/h4-5,8,15H,2-3,6-7H2,1H3,(H,14,16). The van der Waals surface area contributed by atoms with Gasteiger partial charge in [-0.1, -0.05) is 15.9 Å². The van der Waals surface area contributed by atoms with Crippen LogP contribution in [0.5, 0.6) is 11.5 Å². The maximum absolute atomic E-state index is 11.8. The molecule has 0 saturated heterocycles. The summed E-state index contributed by atoms with van der Waals surface area (Å²) in [6.07, 6.45) is 1.91. The summed E-state index contributed by atoms with van der Waals surface area (Å²) in [5.41, 5.74) is 0.239. The van der Waals surface area contributed by atoms with E-state index in [-0.39, 0.29) is 17.2 Å². The summed E-state index contributed by atoms with van der Waals surface area (Å²) < 4.78 is 5.01. The van der Waals surface area contributed by atoms with E-state index in [9.17, 15) is 9.90 Å². The van der Waals surface area contributed by atoms with Gasteiger partial charge in [0.1, 0.15) is 11.5 Å². The van der Waals surface area contributed by atoms with Crippen molar-refractivity contribution in [2.24, 2.45) is 0 Å². The molecule has 0 saturated carbocycles. The third-order valence-corrected chi connectivity index (χ3v) is 2.86. The summed E-state index contributed by atoms with van der Waals surface area (Å²) in [7, 11) is 1.52.